The molecule has 21 heavy (non-hydrogen) atoms. The van der Waals surface area contributed by atoms with E-state index in [2.05, 4.69) is 0 Å². The standard InChI is InChI=1S/C16H19N3O2/c1-3-19(11-12-5-4-6-14(17)9-12)16(21)13-7-8-18(2)15(20)10-13/h4-10H,3,11,17H2,1-2H3. The predicted octanol–water partition coefficient (Wildman–Crippen LogP) is 1.63. The maximum absolute atomic E-state index is 12.5. The molecule has 0 unspecified atom stereocenters. The van der Waals surface area contributed by atoms with E-state index in [1.807, 2.05) is 31.2 Å². The molecule has 0 aliphatic rings. The van der Waals surface area contributed by atoms with Gasteiger partial charge < -0.3 is 15.2 Å². The van der Waals surface area contributed by atoms with Gasteiger partial charge >= 0.3 is 0 Å². The Morgan fingerprint density at radius 1 is 1.29 bits per heavy atom. The van der Waals surface area contributed by atoms with Gasteiger partial charge in [0.15, 0.2) is 0 Å². The summed E-state index contributed by atoms with van der Waals surface area (Å²) in [5, 5.41) is 0. The molecule has 0 bridgehead atoms. The van der Waals surface area contributed by atoms with Crippen LogP contribution < -0.4 is 11.3 Å². The van der Waals surface area contributed by atoms with Crippen LogP contribution in [-0.4, -0.2) is 21.9 Å². The molecule has 5 nitrogen and oxygen atoms in total. The first-order valence-corrected chi connectivity index (χ1v) is 6.81. The van der Waals surface area contributed by atoms with Gasteiger partial charge in [-0.3, -0.25) is 9.59 Å². The van der Waals surface area contributed by atoms with Gasteiger partial charge in [-0.05, 0) is 30.7 Å². The van der Waals surface area contributed by atoms with E-state index in [1.165, 1.54) is 10.6 Å². The van der Waals surface area contributed by atoms with Gasteiger partial charge in [-0.15, -0.1) is 0 Å². The van der Waals surface area contributed by atoms with Crippen LogP contribution >= 0.6 is 0 Å². The van der Waals surface area contributed by atoms with Crippen LogP contribution in [-0.2, 0) is 13.6 Å². The van der Waals surface area contributed by atoms with E-state index in [1.54, 1.807) is 24.2 Å². The lowest BCUT2D eigenvalue weighted by atomic mass is 10.1. The van der Waals surface area contributed by atoms with Gasteiger partial charge in [0.25, 0.3) is 11.5 Å². The summed E-state index contributed by atoms with van der Waals surface area (Å²) < 4.78 is 1.44. The zero-order valence-electron chi connectivity index (χ0n) is 12.2. The van der Waals surface area contributed by atoms with Crippen LogP contribution in [0.2, 0.25) is 0 Å². The van der Waals surface area contributed by atoms with Crippen LogP contribution in [0, 0.1) is 0 Å². The van der Waals surface area contributed by atoms with E-state index in [9.17, 15) is 9.59 Å². The fraction of sp³-hybridized carbons (Fsp3) is 0.250. The first-order chi connectivity index (χ1) is 10.0. The van der Waals surface area contributed by atoms with Crippen molar-refractivity contribution < 1.29 is 4.79 Å². The van der Waals surface area contributed by atoms with Crippen LogP contribution in [0.15, 0.2) is 47.4 Å². The van der Waals surface area contributed by atoms with Crippen molar-refractivity contribution in [2.75, 3.05) is 12.3 Å². The highest BCUT2D eigenvalue weighted by molar-refractivity contribution is 5.94. The van der Waals surface area contributed by atoms with Gasteiger partial charge in [0.2, 0.25) is 0 Å². The molecule has 1 aromatic heterocycles. The topological polar surface area (TPSA) is 68.3 Å². The van der Waals surface area contributed by atoms with Crippen molar-refractivity contribution in [3.63, 3.8) is 0 Å². The molecule has 5 heteroatoms. The molecule has 2 rings (SSSR count). The van der Waals surface area contributed by atoms with Crippen LogP contribution in [0.3, 0.4) is 0 Å². The smallest absolute Gasteiger partial charge is 0.254 e. The molecule has 1 amide bonds. The predicted molar refractivity (Wildman–Crippen MR) is 83.0 cm³/mol. The molecular weight excluding hydrogens is 266 g/mol. The number of aromatic nitrogens is 1. The molecule has 2 aromatic rings. The molecule has 1 aromatic carbocycles. The molecule has 0 aliphatic carbocycles. The van der Waals surface area contributed by atoms with E-state index in [4.69, 9.17) is 5.73 Å². The maximum atomic E-state index is 12.5. The second-order valence-electron chi connectivity index (χ2n) is 4.93. The van der Waals surface area contributed by atoms with Gasteiger partial charge in [-0.2, -0.15) is 0 Å². The maximum Gasteiger partial charge on any atom is 0.254 e. The van der Waals surface area contributed by atoms with Gasteiger partial charge in [0.1, 0.15) is 0 Å². The van der Waals surface area contributed by atoms with E-state index < -0.39 is 0 Å². The summed E-state index contributed by atoms with van der Waals surface area (Å²) in [6, 6.07) is 10.5. The molecule has 0 fully saturated rings. The number of amides is 1. The van der Waals surface area contributed by atoms with Gasteiger partial charge in [-0.25, -0.2) is 0 Å². The number of aryl methyl sites for hydroxylation is 1. The van der Waals surface area contributed by atoms with Crippen LogP contribution in [0.5, 0.6) is 0 Å². The van der Waals surface area contributed by atoms with Gasteiger partial charge in [0.05, 0.1) is 0 Å². The number of carbonyl (C=O) groups is 1. The van der Waals surface area contributed by atoms with Crippen molar-refractivity contribution in [3.05, 3.63) is 64.1 Å². The quantitative estimate of drug-likeness (QED) is 0.868. The van der Waals surface area contributed by atoms with Crippen molar-refractivity contribution in [2.24, 2.45) is 7.05 Å². The number of hydrogen-bond acceptors (Lipinski definition) is 3. The van der Waals surface area contributed by atoms with E-state index in [-0.39, 0.29) is 11.5 Å². The number of nitrogens with two attached hydrogens (primary N) is 1. The molecule has 0 aliphatic heterocycles. The number of rotatable bonds is 4. The van der Waals surface area contributed by atoms with Crippen molar-refractivity contribution >= 4 is 11.6 Å². The Labute approximate surface area is 123 Å². The molecular formula is C16H19N3O2. The Morgan fingerprint density at radius 2 is 2.05 bits per heavy atom. The largest absolute Gasteiger partial charge is 0.399 e. The van der Waals surface area contributed by atoms with E-state index in [0.717, 1.165) is 5.56 Å². The highest BCUT2D eigenvalue weighted by Gasteiger charge is 2.15. The van der Waals surface area contributed by atoms with E-state index >= 15 is 0 Å². The molecule has 0 atom stereocenters. The Hall–Kier alpha value is -2.56. The second-order valence-corrected chi connectivity index (χ2v) is 4.93. The number of nitrogens with zero attached hydrogens (tertiary/aromatic N) is 2. The Kier molecular flexibility index (Phi) is 4.42. The summed E-state index contributed by atoms with van der Waals surface area (Å²) in [5.74, 6) is -0.155. The monoisotopic (exact) mass is 285 g/mol. The highest BCUT2D eigenvalue weighted by Crippen LogP contribution is 2.12. The second kappa shape index (κ2) is 6.26. The minimum atomic E-state index is -0.194. The normalized spacial score (nSPS) is 10.4. The van der Waals surface area contributed by atoms with Crippen molar-refractivity contribution in [1.29, 1.82) is 0 Å². The number of nitrogen functional groups attached to an aromatic ring is 1. The zero-order chi connectivity index (χ0) is 15.4. The summed E-state index contributed by atoms with van der Waals surface area (Å²) in [4.78, 5) is 25.8. The summed E-state index contributed by atoms with van der Waals surface area (Å²) in [6.45, 7) is 2.93. The molecule has 0 radical (unpaired) electrons. The summed E-state index contributed by atoms with van der Waals surface area (Å²) >= 11 is 0. The Morgan fingerprint density at radius 3 is 2.67 bits per heavy atom. The average molecular weight is 285 g/mol. The Bertz CT molecular complexity index is 707. The molecule has 110 valence electrons. The van der Waals surface area contributed by atoms with Crippen LogP contribution in [0.4, 0.5) is 5.69 Å². The van der Waals surface area contributed by atoms with Crippen molar-refractivity contribution in [2.45, 2.75) is 13.5 Å². The van der Waals surface area contributed by atoms with Crippen LogP contribution in [0.1, 0.15) is 22.8 Å². The SMILES string of the molecule is CCN(Cc1cccc(N)c1)C(=O)c1ccn(C)c(=O)c1. The first-order valence-electron chi connectivity index (χ1n) is 6.81. The molecule has 1 heterocycles. The fourth-order valence-electron chi connectivity index (χ4n) is 2.10. The number of pyridine rings is 1. The van der Waals surface area contributed by atoms with Crippen molar-refractivity contribution in [1.82, 2.24) is 9.47 Å². The average Bonchev–Trinajstić information content (AvgIpc) is 2.47. The Balaban J connectivity index is 2.22. The summed E-state index contributed by atoms with van der Waals surface area (Å²) in [5.41, 5.74) is 7.60. The number of carbonyl (C=O) groups excluding carboxylic acids is 1. The minimum Gasteiger partial charge on any atom is -0.399 e. The van der Waals surface area contributed by atoms with Crippen molar-refractivity contribution in [3.8, 4) is 0 Å². The third kappa shape index (κ3) is 3.51. The van der Waals surface area contributed by atoms with Crippen LogP contribution in [0.25, 0.3) is 0 Å². The number of anilines is 1. The minimum absolute atomic E-state index is 0.155. The summed E-state index contributed by atoms with van der Waals surface area (Å²) in [6.07, 6.45) is 1.60. The molecule has 0 spiro atoms. The fourth-order valence-corrected chi connectivity index (χ4v) is 2.10. The lowest BCUT2D eigenvalue weighted by Crippen LogP contribution is -2.31. The molecule has 2 N–H and O–H groups in total. The molecule has 0 saturated heterocycles. The van der Waals surface area contributed by atoms with E-state index in [0.29, 0.717) is 24.3 Å². The lowest BCUT2D eigenvalue weighted by Gasteiger charge is -2.21. The first kappa shape index (κ1) is 14.8. The third-order valence-electron chi connectivity index (χ3n) is 3.34. The summed E-state index contributed by atoms with van der Waals surface area (Å²) in [7, 11) is 1.65. The highest BCUT2D eigenvalue weighted by atomic mass is 16.2. The van der Waals surface area contributed by atoms with Gasteiger partial charge in [0, 0.05) is 43.7 Å². The zero-order valence-corrected chi connectivity index (χ0v) is 12.2. The van der Waals surface area contributed by atoms with Gasteiger partial charge in [-0.1, -0.05) is 12.1 Å². The third-order valence-corrected chi connectivity index (χ3v) is 3.34. The lowest BCUT2D eigenvalue weighted by molar-refractivity contribution is 0.0752. The molecule has 0 saturated carbocycles. The number of hydrogen-bond donors (Lipinski definition) is 1. The number of benzene rings is 1.